The Labute approximate surface area is 139 Å². The van der Waals surface area contributed by atoms with Crippen molar-refractivity contribution in [1.82, 2.24) is 4.98 Å². The Morgan fingerprint density at radius 3 is 2.61 bits per heavy atom. The number of anilines is 2. The number of hydrogen-bond donors (Lipinski definition) is 1. The first kappa shape index (κ1) is 15.3. The zero-order valence-corrected chi connectivity index (χ0v) is 13.5. The average Bonchev–Trinajstić information content (AvgIpc) is 2.57. The van der Waals surface area contributed by atoms with Crippen molar-refractivity contribution in [3.8, 4) is 0 Å². The molecule has 23 heavy (non-hydrogen) atoms. The molecular weight excluding hydrogens is 312 g/mol. The third kappa shape index (κ3) is 2.98. The Morgan fingerprint density at radius 2 is 1.91 bits per heavy atom. The van der Waals surface area contributed by atoms with Gasteiger partial charge in [-0.05, 0) is 24.6 Å². The summed E-state index contributed by atoms with van der Waals surface area (Å²) in [5, 5.41) is 5.45. The number of pyridine rings is 1. The van der Waals surface area contributed by atoms with Gasteiger partial charge < -0.3 is 10.1 Å². The van der Waals surface area contributed by atoms with Crippen LogP contribution in [0.1, 0.15) is 15.9 Å². The first-order chi connectivity index (χ1) is 11.1. The van der Waals surface area contributed by atoms with E-state index in [0.29, 0.717) is 16.4 Å². The number of esters is 1. The largest absolute Gasteiger partial charge is 0.465 e. The van der Waals surface area contributed by atoms with E-state index < -0.39 is 5.97 Å². The highest BCUT2D eigenvalue weighted by atomic mass is 35.5. The minimum Gasteiger partial charge on any atom is -0.465 e. The molecule has 0 radical (unpaired) electrons. The molecule has 0 atom stereocenters. The minimum atomic E-state index is -0.409. The van der Waals surface area contributed by atoms with Crippen LogP contribution in [0.3, 0.4) is 0 Å². The van der Waals surface area contributed by atoms with E-state index >= 15 is 0 Å². The van der Waals surface area contributed by atoms with E-state index in [1.54, 1.807) is 0 Å². The zero-order chi connectivity index (χ0) is 16.4. The number of aryl methyl sites for hydroxylation is 1. The molecule has 3 rings (SSSR count). The second-order valence-electron chi connectivity index (χ2n) is 5.17. The second-order valence-corrected chi connectivity index (χ2v) is 5.57. The summed E-state index contributed by atoms with van der Waals surface area (Å²) in [5.41, 5.74) is 2.28. The fraction of sp³-hybridized carbons (Fsp3) is 0.111. The number of halogens is 1. The number of fused-ring (bicyclic) bond motifs is 1. The summed E-state index contributed by atoms with van der Waals surface area (Å²) in [5.74, 6) is 0.229. The van der Waals surface area contributed by atoms with Crippen LogP contribution < -0.4 is 5.32 Å². The van der Waals surface area contributed by atoms with Gasteiger partial charge in [-0.1, -0.05) is 41.9 Å². The van der Waals surface area contributed by atoms with Crippen LogP contribution in [-0.4, -0.2) is 18.1 Å². The van der Waals surface area contributed by atoms with Gasteiger partial charge in [0.15, 0.2) is 0 Å². The predicted octanol–water partition coefficient (Wildman–Crippen LogP) is 4.73. The number of carbonyl (C=O) groups is 1. The number of benzene rings is 2. The van der Waals surface area contributed by atoms with Crippen molar-refractivity contribution in [2.75, 3.05) is 12.4 Å². The van der Waals surface area contributed by atoms with Gasteiger partial charge in [-0.3, -0.25) is 0 Å². The summed E-state index contributed by atoms with van der Waals surface area (Å²) >= 11 is 6.27. The third-order valence-electron chi connectivity index (χ3n) is 3.58. The van der Waals surface area contributed by atoms with Gasteiger partial charge in [0.25, 0.3) is 0 Å². The molecule has 0 aliphatic heterocycles. The van der Waals surface area contributed by atoms with E-state index in [0.717, 1.165) is 22.0 Å². The maximum absolute atomic E-state index is 11.9. The van der Waals surface area contributed by atoms with Crippen LogP contribution in [0.25, 0.3) is 10.8 Å². The SMILES string of the molecule is COC(=O)c1cnc(Nc2ccc(C)cc2Cl)c2ccccc12. The molecule has 0 spiro atoms. The lowest BCUT2D eigenvalue weighted by molar-refractivity contribution is 0.0602. The summed E-state index contributed by atoms with van der Waals surface area (Å²) in [6.07, 6.45) is 1.51. The molecule has 116 valence electrons. The van der Waals surface area contributed by atoms with Crippen LogP contribution in [0.15, 0.2) is 48.7 Å². The second kappa shape index (κ2) is 6.26. The van der Waals surface area contributed by atoms with Crippen molar-refractivity contribution < 1.29 is 9.53 Å². The molecule has 5 heteroatoms. The van der Waals surface area contributed by atoms with Crippen molar-refractivity contribution in [2.45, 2.75) is 6.92 Å². The molecule has 0 fully saturated rings. The quantitative estimate of drug-likeness (QED) is 0.707. The first-order valence-corrected chi connectivity index (χ1v) is 7.47. The monoisotopic (exact) mass is 326 g/mol. The number of ether oxygens (including phenoxy) is 1. The Kier molecular flexibility index (Phi) is 4.17. The predicted molar refractivity (Wildman–Crippen MR) is 92.6 cm³/mol. The highest BCUT2D eigenvalue weighted by Crippen LogP contribution is 2.30. The fourth-order valence-electron chi connectivity index (χ4n) is 2.41. The molecule has 0 amide bonds. The van der Waals surface area contributed by atoms with Crippen molar-refractivity contribution in [2.24, 2.45) is 0 Å². The molecule has 0 aliphatic carbocycles. The summed E-state index contributed by atoms with van der Waals surface area (Å²) in [6.45, 7) is 1.98. The lowest BCUT2D eigenvalue weighted by atomic mass is 10.1. The van der Waals surface area contributed by atoms with Gasteiger partial charge in [0.1, 0.15) is 5.82 Å². The van der Waals surface area contributed by atoms with E-state index in [2.05, 4.69) is 10.3 Å². The number of hydrogen-bond acceptors (Lipinski definition) is 4. The van der Waals surface area contributed by atoms with E-state index in [9.17, 15) is 4.79 Å². The summed E-state index contributed by atoms with van der Waals surface area (Å²) < 4.78 is 4.81. The van der Waals surface area contributed by atoms with Crippen LogP contribution in [0, 0.1) is 6.92 Å². The van der Waals surface area contributed by atoms with Crippen molar-refractivity contribution >= 4 is 39.8 Å². The van der Waals surface area contributed by atoms with Gasteiger partial charge in [-0.25, -0.2) is 9.78 Å². The number of methoxy groups -OCH3 is 1. The van der Waals surface area contributed by atoms with Gasteiger partial charge >= 0.3 is 5.97 Å². The summed E-state index contributed by atoms with van der Waals surface area (Å²) in [7, 11) is 1.36. The van der Waals surface area contributed by atoms with E-state index in [-0.39, 0.29) is 0 Å². The maximum Gasteiger partial charge on any atom is 0.340 e. The molecule has 0 saturated heterocycles. The van der Waals surface area contributed by atoms with Crippen molar-refractivity contribution in [3.05, 3.63) is 64.8 Å². The molecule has 1 aromatic heterocycles. The lowest BCUT2D eigenvalue weighted by Crippen LogP contribution is -2.05. The molecular formula is C18H15ClN2O2. The zero-order valence-electron chi connectivity index (χ0n) is 12.8. The Hall–Kier alpha value is -2.59. The Balaban J connectivity index is 2.10. The van der Waals surface area contributed by atoms with Gasteiger partial charge in [-0.15, -0.1) is 0 Å². The number of aromatic nitrogens is 1. The first-order valence-electron chi connectivity index (χ1n) is 7.09. The van der Waals surface area contributed by atoms with Crippen LogP contribution in [-0.2, 0) is 4.74 Å². The Bertz CT molecular complexity index is 893. The van der Waals surface area contributed by atoms with Gasteiger partial charge in [-0.2, -0.15) is 0 Å². The lowest BCUT2D eigenvalue weighted by Gasteiger charge is -2.12. The molecule has 1 heterocycles. The highest BCUT2D eigenvalue weighted by Gasteiger charge is 2.14. The molecule has 2 aromatic carbocycles. The van der Waals surface area contributed by atoms with Crippen LogP contribution in [0.5, 0.6) is 0 Å². The molecule has 0 unspecified atom stereocenters. The number of nitrogens with zero attached hydrogens (tertiary/aromatic N) is 1. The molecule has 4 nitrogen and oxygen atoms in total. The van der Waals surface area contributed by atoms with E-state index in [1.807, 2.05) is 49.4 Å². The maximum atomic E-state index is 11.9. The van der Waals surface area contributed by atoms with Gasteiger partial charge in [0, 0.05) is 17.0 Å². The van der Waals surface area contributed by atoms with Crippen LogP contribution in [0.4, 0.5) is 11.5 Å². The average molecular weight is 327 g/mol. The molecule has 1 N–H and O–H groups in total. The Morgan fingerprint density at radius 1 is 1.17 bits per heavy atom. The van der Waals surface area contributed by atoms with Gasteiger partial charge in [0.05, 0.1) is 23.4 Å². The van der Waals surface area contributed by atoms with Crippen LogP contribution >= 0.6 is 11.6 Å². The molecule has 3 aromatic rings. The minimum absolute atomic E-state index is 0.409. The molecule has 0 bridgehead atoms. The van der Waals surface area contributed by atoms with Crippen molar-refractivity contribution in [1.29, 1.82) is 0 Å². The van der Waals surface area contributed by atoms with Crippen molar-refractivity contribution in [3.63, 3.8) is 0 Å². The topological polar surface area (TPSA) is 51.2 Å². The number of carbonyl (C=O) groups excluding carboxylic acids is 1. The normalized spacial score (nSPS) is 10.6. The molecule has 0 aliphatic rings. The molecule has 0 saturated carbocycles. The van der Waals surface area contributed by atoms with E-state index in [1.165, 1.54) is 13.3 Å². The third-order valence-corrected chi connectivity index (χ3v) is 3.89. The number of nitrogens with one attached hydrogen (secondary N) is 1. The standard InChI is InChI=1S/C18H15ClN2O2/c1-11-7-8-16(15(19)9-11)21-17-13-6-4-3-5-12(13)14(10-20-17)18(22)23-2/h3-10H,1-2H3,(H,20,21). The highest BCUT2D eigenvalue weighted by molar-refractivity contribution is 6.33. The van der Waals surface area contributed by atoms with Gasteiger partial charge in [0.2, 0.25) is 0 Å². The fourth-order valence-corrected chi connectivity index (χ4v) is 2.70. The summed E-state index contributed by atoms with van der Waals surface area (Å²) in [6, 6.07) is 13.3. The number of rotatable bonds is 3. The smallest absolute Gasteiger partial charge is 0.340 e. The van der Waals surface area contributed by atoms with Crippen LogP contribution in [0.2, 0.25) is 5.02 Å². The van der Waals surface area contributed by atoms with E-state index in [4.69, 9.17) is 16.3 Å². The summed E-state index contributed by atoms with van der Waals surface area (Å²) in [4.78, 5) is 16.2.